The summed E-state index contributed by atoms with van der Waals surface area (Å²) in [5, 5.41) is 9.82. The Bertz CT molecular complexity index is 584. The second kappa shape index (κ2) is 4.50. The van der Waals surface area contributed by atoms with Gasteiger partial charge in [0.25, 0.3) is 0 Å². The van der Waals surface area contributed by atoms with Gasteiger partial charge >= 0.3 is 0 Å². The molecule has 1 N–H and O–H groups in total. The van der Waals surface area contributed by atoms with Crippen molar-refractivity contribution < 1.29 is 0 Å². The van der Waals surface area contributed by atoms with E-state index < -0.39 is 0 Å². The van der Waals surface area contributed by atoms with Crippen molar-refractivity contribution in [3.05, 3.63) is 44.5 Å². The summed E-state index contributed by atoms with van der Waals surface area (Å²) < 4.78 is 0.732. The highest BCUT2D eigenvalue weighted by Gasteiger charge is 2.08. The fraction of sp³-hybridized carbons (Fsp3) is 0. The van der Waals surface area contributed by atoms with Gasteiger partial charge in [-0.15, -0.1) is 0 Å². The van der Waals surface area contributed by atoms with Crippen molar-refractivity contribution in [3.63, 3.8) is 0 Å². The molecule has 1 aromatic carbocycles. The third-order valence-electron chi connectivity index (χ3n) is 2.11. The molecule has 0 saturated heterocycles. The first-order valence-electron chi connectivity index (χ1n) is 4.36. The Kier molecular flexibility index (Phi) is 3.25. The number of hydrogen-bond acceptors (Lipinski definition) is 1. The van der Waals surface area contributed by atoms with Gasteiger partial charge < -0.3 is 4.98 Å². The molecule has 0 fully saturated rings. The molecule has 16 heavy (non-hydrogen) atoms. The van der Waals surface area contributed by atoms with Crippen LogP contribution < -0.4 is 0 Å². The molecular weight excluding hydrogens is 311 g/mol. The van der Waals surface area contributed by atoms with Crippen LogP contribution in [0, 0.1) is 11.3 Å². The van der Waals surface area contributed by atoms with Gasteiger partial charge in [-0.3, -0.25) is 0 Å². The number of rotatable bonds is 1. The van der Waals surface area contributed by atoms with Crippen molar-refractivity contribution in [3.8, 4) is 17.3 Å². The highest BCUT2D eigenvalue weighted by molar-refractivity contribution is 9.10. The first-order chi connectivity index (χ1) is 7.61. The number of aromatic nitrogens is 1. The van der Waals surface area contributed by atoms with Crippen molar-refractivity contribution in [2.24, 2.45) is 0 Å². The minimum atomic E-state index is 0.487. The molecule has 1 heterocycles. The minimum Gasteiger partial charge on any atom is -0.345 e. The second-order valence-corrected chi connectivity index (χ2v) is 4.82. The lowest BCUT2D eigenvalue weighted by atomic mass is 10.2. The van der Waals surface area contributed by atoms with Crippen LogP contribution in [0.2, 0.25) is 10.0 Å². The van der Waals surface area contributed by atoms with E-state index in [4.69, 9.17) is 28.5 Å². The molecule has 0 aliphatic carbocycles. The molecule has 2 nitrogen and oxygen atoms in total. The molecule has 0 unspecified atom stereocenters. The van der Waals surface area contributed by atoms with E-state index in [0.717, 1.165) is 15.7 Å². The van der Waals surface area contributed by atoms with E-state index in [-0.39, 0.29) is 0 Å². The summed E-state index contributed by atoms with van der Waals surface area (Å²) in [7, 11) is 0. The van der Waals surface area contributed by atoms with Gasteiger partial charge in [-0.1, -0.05) is 29.3 Å². The fourth-order valence-electron chi connectivity index (χ4n) is 1.33. The van der Waals surface area contributed by atoms with Gasteiger partial charge in [0.2, 0.25) is 0 Å². The maximum absolute atomic E-state index is 8.82. The Morgan fingerprint density at radius 2 is 1.94 bits per heavy atom. The molecule has 0 spiro atoms. The zero-order valence-electron chi connectivity index (χ0n) is 7.89. The van der Waals surface area contributed by atoms with Crippen LogP contribution in [0.15, 0.2) is 28.7 Å². The Morgan fingerprint density at radius 3 is 2.50 bits per heavy atom. The summed E-state index contributed by atoms with van der Waals surface area (Å²) in [6.07, 6.45) is 0. The number of nitrogens with one attached hydrogen (secondary N) is 1. The third kappa shape index (κ3) is 2.10. The topological polar surface area (TPSA) is 39.6 Å². The number of halogens is 3. The molecule has 1 aromatic heterocycles. The molecule has 5 heteroatoms. The predicted molar refractivity (Wildman–Crippen MR) is 68.7 cm³/mol. The summed E-state index contributed by atoms with van der Waals surface area (Å²) in [4.78, 5) is 2.98. The Hall–Kier alpha value is -0.950. The van der Waals surface area contributed by atoms with Crippen LogP contribution in [-0.4, -0.2) is 4.98 Å². The van der Waals surface area contributed by atoms with Crippen molar-refractivity contribution in [1.82, 2.24) is 4.98 Å². The zero-order valence-corrected chi connectivity index (χ0v) is 11.0. The van der Waals surface area contributed by atoms with Crippen LogP contribution in [0.4, 0.5) is 0 Å². The number of nitriles is 1. The fourth-order valence-corrected chi connectivity index (χ4v) is 2.04. The number of aromatic amines is 1. The average molecular weight is 316 g/mol. The van der Waals surface area contributed by atoms with Crippen molar-refractivity contribution in [2.45, 2.75) is 0 Å². The average Bonchev–Trinajstić information content (AvgIpc) is 2.64. The van der Waals surface area contributed by atoms with Gasteiger partial charge in [0.05, 0.1) is 14.5 Å². The van der Waals surface area contributed by atoms with Crippen molar-refractivity contribution in [1.29, 1.82) is 5.26 Å². The number of nitrogens with zero attached hydrogens (tertiary/aromatic N) is 1. The van der Waals surface area contributed by atoms with Gasteiger partial charge in [-0.2, -0.15) is 5.26 Å². The van der Waals surface area contributed by atoms with E-state index >= 15 is 0 Å². The van der Waals surface area contributed by atoms with Gasteiger partial charge in [0.1, 0.15) is 11.8 Å². The molecule has 0 saturated carbocycles. The van der Waals surface area contributed by atoms with Gasteiger partial charge in [-0.05, 0) is 39.7 Å². The quantitative estimate of drug-likeness (QED) is 0.819. The monoisotopic (exact) mass is 314 g/mol. The first kappa shape index (κ1) is 11.5. The zero-order chi connectivity index (χ0) is 11.7. The molecule has 0 atom stereocenters. The molecule has 80 valence electrons. The normalized spacial score (nSPS) is 10.1. The molecule has 2 aromatic rings. The minimum absolute atomic E-state index is 0.487. The lowest BCUT2D eigenvalue weighted by Crippen LogP contribution is -1.79. The lowest BCUT2D eigenvalue weighted by Gasteiger charge is -2.00. The standard InChI is InChI=1S/C11H5BrCl2N2/c12-7-4-10(16-11(7)5-15)6-1-2-8(13)9(14)3-6/h1-4,16H. The summed E-state index contributed by atoms with van der Waals surface area (Å²) in [6, 6.07) is 9.20. The summed E-state index contributed by atoms with van der Waals surface area (Å²) in [5.74, 6) is 0. The molecule has 0 aliphatic rings. The molecule has 0 amide bonds. The van der Waals surface area contributed by atoms with E-state index in [1.807, 2.05) is 18.2 Å². The summed E-state index contributed by atoms with van der Waals surface area (Å²) >= 11 is 15.0. The van der Waals surface area contributed by atoms with E-state index in [9.17, 15) is 0 Å². The molecule has 0 bridgehead atoms. The number of H-pyrrole nitrogens is 1. The van der Waals surface area contributed by atoms with Crippen LogP contribution in [0.25, 0.3) is 11.3 Å². The molecule has 0 radical (unpaired) electrons. The largest absolute Gasteiger partial charge is 0.345 e. The molecule has 2 rings (SSSR count). The number of benzene rings is 1. The Morgan fingerprint density at radius 1 is 1.19 bits per heavy atom. The van der Waals surface area contributed by atoms with E-state index in [1.54, 1.807) is 12.1 Å². The van der Waals surface area contributed by atoms with Gasteiger partial charge in [-0.25, -0.2) is 0 Å². The lowest BCUT2D eigenvalue weighted by molar-refractivity contribution is 1.32. The van der Waals surface area contributed by atoms with E-state index in [0.29, 0.717) is 15.7 Å². The van der Waals surface area contributed by atoms with E-state index in [1.165, 1.54) is 0 Å². The highest BCUT2D eigenvalue weighted by Crippen LogP contribution is 2.30. The Labute approximate surface area is 111 Å². The van der Waals surface area contributed by atoms with Gasteiger partial charge in [0, 0.05) is 5.69 Å². The second-order valence-electron chi connectivity index (χ2n) is 3.15. The summed E-state index contributed by atoms with van der Waals surface area (Å²) in [5.41, 5.74) is 2.19. The predicted octanol–water partition coefficient (Wildman–Crippen LogP) is 4.62. The van der Waals surface area contributed by atoms with Crippen molar-refractivity contribution >= 4 is 39.1 Å². The van der Waals surface area contributed by atoms with Crippen LogP contribution in [-0.2, 0) is 0 Å². The van der Waals surface area contributed by atoms with Crippen molar-refractivity contribution in [2.75, 3.05) is 0 Å². The summed E-state index contributed by atoms with van der Waals surface area (Å²) in [6.45, 7) is 0. The highest BCUT2D eigenvalue weighted by atomic mass is 79.9. The molecular formula is C11H5BrCl2N2. The van der Waals surface area contributed by atoms with Crippen LogP contribution in [0.5, 0.6) is 0 Å². The Balaban J connectivity index is 2.51. The third-order valence-corrected chi connectivity index (χ3v) is 3.48. The SMILES string of the molecule is N#Cc1[nH]c(-c2ccc(Cl)c(Cl)c2)cc1Br. The first-order valence-corrected chi connectivity index (χ1v) is 5.90. The van der Waals surface area contributed by atoms with Gasteiger partial charge in [0.15, 0.2) is 0 Å². The van der Waals surface area contributed by atoms with Crippen LogP contribution >= 0.6 is 39.1 Å². The smallest absolute Gasteiger partial charge is 0.132 e. The van der Waals surface area contributed by atoms with Crippen LogP contribution in [0.1, 0.15) is 5.69 Å². The van der Waals surface area contributed by atoms with Crippen LogP contribution in [0.3, 0.4) is 0 Å². The maximum atomic E-state index is 8.82. The van der Waals surface area contributed by atoms with E-state index in [2.05, 4.69) is 20.9 Å². The molecule has 0 aliphatic heterocycles. The maximum Gasteiger partial charge on any atom is 0.132 e. The number of hydrogen-bond donors (Lipinski definition) is 1.